The molecular formula is C18H27N3O2. The SMILES string of the molecule is O=C(O)NCC1(CN2CCN(Cc3ccccc3)CC2)CCC1. The monoisotopic (exact) mass is 317 g/mol. The average Bonchev–Trinajstić information content (AvgIpc) is 2.52. The molecule has 0 aromatic heterocycles. The average molecular weight is 317 g/mol. The second-order valence-electron chi connectivity index (χ2n) is 7.05. The predicted octanol–water partition coefficient (Wildman–Crippen LogP) is 2.24. The van der Waals surface area contributed by atoms with Crippen LogP contribution in [0, 0.1) is 5.41 Å². The molecule has 0 spiro atoms. The number of hydrogen-bond acceptors (Lipinski definition) is 3. The normalized spacial score (nSPS) is 21.6. The van der Waals surface area contributed by atoms with E-state index in [9.17, 15) is 4.79 Å². The molecule has 1 aromatic carbocycles. The van der Waals surface area contributed by atoms with E-state index in [1.807, 2.05) is 0 Å². The van der Waals surface area contributed by atoms with Gasteiger partial charge in [-0.3, -0.25) is 4.90 Å². The van der Waals surface area contributed by atoms with Crippen LogP contribution in [-0.4, -0.2) is 60.3 Å². The van der Waals surface area contributed by atoms with E-state index >= 15 is 0 Å². The van der Waals surface area contributed by atoms with Gasteiger partial charge in [-0.1, -0.05) is 36.8 Å². The third-order valence-electron chi connectivity index (χ3n) is 5.30. The van der Waals surface area contributed by atoms with Crippen molar-refractivity contribution < 1.29 is 9.90 Å². The first kappa shape index (κ1) is 16.3. The summed E-state index contributed by atoms with van der Waals surface area (Å²) in [5, 5.41) is 11.4. The van der Waals surface area contributed by atoms with Crippen molar-refractivity contribution in [1.29, 1.82) is 0 Å². The summed E-state index contributed by atoms with van der Waals surface area (Å²) in [6, 6.07) is 10.6. The van der Waals surface area contributed by atoms with Crippen LogP contribution >= 0.6 is 0 Å². The van der Waals surface area contributed by atoms with Crippen LogP contribution in [0.1, 0.15) is 24.8 Å². The molecule has 2 N–H and O–H groups in total. The Labute approximate surface area is 138 Å². The molecule has 2 fully saturated rings. The van der Waals surface area contributed by atoms with Crippen molar-refractivity contribution in [3.63, 3.8) is 0 Å². The lowest BCUT2D eigenvalue weighted by molar-refractivity contribution is 0.0362. The Morgan fingerprint density at radius 1 is 1.09 bits per heavy atom. The van der Waals surface area contributed by atoms with Gasteiger partial charge in [-0.25, -0.2) is 4.79 Å². The lowest BCUT2D eigenvalue weighted by Crippen LogP contribution is -2.54. The van der Waals surface area contributed by atoms with Crippen LogP contribution in [-0.2, 0) is 6.54 Å². The van der Waals surface area contributed by atoms with Gasteiger partial charge in [0.25, 0.3) is 0 Å². The van der Waals surface area contributed by atoms with Crippen molar-refractivity contribution in [2.45, 2.75) is 25.8 Å². The van der Waals surface area contributed by atoms with E-state index in [4.69, 9.17) is 5.11 Å². The maximum absolute atomic E-state index is 10.8. The fraction of sp³-hybridized carbons (Fsp3) is 0.611. The highest BCUT2D eigenvalue weighted by Gasteiger charge is 2.39. The summed E-state index contributed by atoms with van der Waals surface area (Å²) >= 11 is 0. The number of carbonyl (C=O) groups is 1. The second-order valence-corrected chi connectivity index (χ2v) is 7.05. The van der Waals surface area contributed by atoms with Crippen LogP contribution < -0.4 is 5.32 Å². The fourth-order valence-corrected chi connectivity index (χ4v) is 3.75. The summed E-state index contributed by atoms with van der Waals surface area (Å²) in [4.78, 5) is 15.8. The van der Waals surface area contributed by atoms with Crippen LogP contribution in [0.3, 0.4) is 0 Å². The van der Waals surface area contributed by atoms with E-state index in [2.05, 4.69) is 45.4 Å². The maximum atomic E-state index is 10.8. The van der Waals surface area contributed by atoms with Crippen LogP contribution in [0.25, 0.3) is 0 Å². The maximum Gasteiger partial charge on any atom is 0.404 e. The molecule has 1 saturated carbocycles. The number of nitrogens with zero attached hydrogens (tertiary/aromatic N) is 2. The highest BCUT2D eigenvalue weighted by Crippen LogP contribution is 2.41. The van der Waals surface area contributed by atoms with Crippen molar-refractivity contribution in [2.75, 3.05) is 39.3 Å². The largest absolute Gasteiger partial charge is 0.465 e. The first-order chi connectivity index (χ1) is 11.2. The molecule has 126 valence electrons. The molecule has 0 bridgehead atoms. The van der Waals surface area contributed by atoms with Gasteiger partial charge in [0.05, 0.1) is 0 Å². The predicted molar refractivity (Wildman–Crippen MR) is 90.5 cm³/mol. The summed E-state index contributed by atoms with van der Waals surface area (Å²) in [6.07, 6.45) is 2.63. The Hall–Kier alpha value is -1.59. The van der Waals surface area contributed by atoms with Crippen LogP contribution in [0.5, 0.6) is 0 Å². The molecule has 0 unspecified atom stereocenters. The molecule has 5 heteroatoms. The molecule has 0 atom stereocenters. The van der Waals surface area contributed by atoms with Gasteiger partial charge in [0.1, 0.15) is 0 Å². The fourth-order valence-electron chi connectivity index (χ4n) is 3.75. The summed E-state index contributed by atoms with van der Waals surface area (Å²) in [7, 11) is 0. The Morgan fingerprint density at radius 3 is 2.30 bits per heavy atom. The van der Waals surface area contributed by atoms with Gasteiger partial charge in [-0.15, -0.1) is 0 Å². The number of hydrogen-bond donors (Lipinski definition) is 2. The van der Waals surface area contributed by atoms with Gasteiger partial charge in [0.2, 0.25) is 0 Å². The number of amides is 1. The number of rotatable bonds is 6. The lowest BCUT2D eigenvalue weighted by Gasteiger charge is -2.47. The molecule has 1 aliphatic heterocycles. The lowest BCUT2D eigenvalue weighted by atomic mass is 9.68. The first-order valence-corrected chi connectivity index (χ1v) is 8.61. The first-order valence-electron chi connectivity index (χ1n) is 8.61. The summed E-state index contributed by atoms with van der Waals surface area (Å²) in [5.74, 6) is 0. The summed E-state index contributed by atoms with van der Waals surface area (Å²) < 4.78 is 0. The van der Waals surface area contributed by atoms with Gasteiger partial charge in [0, 0.05) is 51.2 Å². The van der Waals surface area contributed by atoms with Crippen molar-refractivity contribution in [2.24, 2.45) is 5.41 Å². The smallest absolute Gasteiger partial charge is 0.404 e. The van der Waals surface area contributed by atoms with Gasteiger partial charge >= 0.3 is 6.09 Å². The number of carboxylic acid groups (broad SMARTS) is 1. The topological polar surface area (TPSA) is 55.8 Å². The second kappa shape index (κ2) is 7.32. The zero-order chi connectivity index (χ0) is 16.1. The van der Waals surface area contributed by atoms with E-state index < -0.39 is 6.09 Å². The molecule has 23 heavy (non-hydrogen) atoms. The standard InChI is InChI=1S/C18H27N3O2/c22-17(23)19-14-18(7-4-8-18)15-21-11-9-20(10-12-21)13-16-5-2-1-3-6-16/h1-3,5-6,19H,4,7-15H2,(H,22,23). The minimum atomic E-state index is -0.899. The van der Waals surface area contributed by atoms with Gasteiger partial charge in [0.15, 0.2) is 0 Å². The van der Waals surface area contributed by atoms with Gasteiger partial charge < -0.3 is 15.3 Å². The van der Waals surface area contributed by atoms with E-state index in [0.29, 0.717) is 6.54 Å². The number of nitrogens with one attached hydrogen (secondary N) is 1. The third kappa shape index (κ3) is 4.45. The van der Waals surface area contributed by atoms with E-state index in [1.165, 1.54) is 12.0 Å². The zero-order valence-corrected chi connectivity index (χ0v) is 13.7. The summed E-state index contributed by atoms with van der Waals surface area (Å²) in [5.41, 5.74) is 1.56. The molecule has 1 aromatic rings. The van der Waals surface area contributed by atoms with Crippen LogP contribution in [0.2, 0.25) is 0 Å². The van der Waals surface area contributed by atoms with E-state index in [-0.39, 0.29) is 5.41 Å². The Kier molecular flexibility index (Phi) is 5.18. The quantitative estimate of drug-likeness (QED) is 0.845. The molecule has 5 nitrogen and oxygen atoms in total. The molecule has 1 heterocycles. The number of piperazine rings is 1. The Morgan fingerprint density at radius 2 is 1.74 bits per heavy atom. The van der Waals surface area contributed by atoms with E-state index in [0.717, 1.165) is 52.1 Å². The third-order valence-corrected chi connectivity index (χ3v) is 5.30. The highest BCUT2D eigenvalue weighted by atomic mass is 16.4. The number of benzene rings is 1. The van der Waals surface area contributed by atoms with Crippen LogP contribution in [0.4, 0.5) is 4.79 Å². The van der Waals surface area contributed by atoms with Crippen LogP contribution in [0.15, 0.2) is 30.3 Å². The molecule has 1 aliphatic carbocycles. The van der Waals surface area contributed by atoms with Gasteiger partial charge in [-0.2, -0.15) is 0 Å². The van der Waals surface area contributed by atoms with Crippen molar-refractivity contribution in [3.05, 3.63) is 35.9 Å². The molecule has 1 amide bonds. The Bertz CT molecular complexity index is 508. The van der Waals surface area contributed by atoms with Crippen molar-refractivity contribution in [3.8, 4) is 0 Å². The minimum Gasteiger partial charge on any atom is -0.465 e. The molecular weight excluding hydrogens is 290 g/mol. The minimum absolute atomic E-state index is 0.181. The van der Waals surface area contributed by atoms with Gasteiger partial charge in [-0.05, 0) is 18.4 Å². The molecule has 1 saturated heterocycles. The molecule has 0 radical (unpaired) electrons. The van der Waals surface area contributed by atoms with Crippen molar-refractivity contribution >= 4 is 6.09 Å². The highest BCUT2D eigenvalue weighted by molar-refractivity contribution is 5.64. The van der Waals surface area contributed by atoms with E-state index in [1.54, 1.807) is 0 Å². The van der Waals surface area contributed by atoms with Crippen molar-refractivity contribution in [1.82, 2.24) is 15.1 Å². The molecule has 2 aliphatic rings. The Balaban J connectivity index is 1.44. The summed E-state index contributed by atoms with van der Waals surface area (Å²) in [6.45, 7) is 7.03. The molecule has 3 rings (SSSR count). The zero-order valence-electron chi connectivity index (χ0n) is 13.7.